The van der Waals surface area contributed by atoms with Gasteiger partial charge in [0.1, 0.15) is 17.0 Å². The molecule has 1 aromatic rings. The van der Waals surface area contributed by atoms with Gasteiger partial charge >= 0.3 is 12.3 Å². The summed E-state index contributed by atoms with van der Waals surface area (Å²) in [6.45, 7) is 4.95. The fraction of sp³-hybridized carbons (Fsp3) is 0.500. The van der Waals surface area contributed by atoms with Gasteiger partial charge in [-0.25, -0.2) is 9.18 Å². The summed E-state index contributed by atoms with van der Waals surface area (Å²) in [7, 11) is 0. The Balaban J connectivity index is 2.09. The lowest BCUT2D eigenvalue weighted by Gasteiger charge is -2.23. The molecular formula is C16H18F4N2O3. The highest BCUT2D eigenvalue weighted by atomic mass is 19.4. The van der Waals surface area contributed by atoms with Gasteiger partial charge in [-0.2, -0.15) is 13.2 Å². The number of hydrogen-bond acceptors (Lipinski definition) is 3. The van der Waals surface area contributed by atoms with Crippen molar-refractivity contribution in [3.05, 3.63) is 29.6 Å². The van der Waals surface area contributed by atoms with Gasteiger partial charge in [-0.15, -0.1) is 0 Å². The van der Waals surface area contributed by atoms with Crippen molar-refractivity contribution in [3.63, 3.8) is 0 Å². The first-order valence-corrected chi connectivity index (χ1v) is 7.51. The first kappa shape index (κ1) is 19.0. The predicted octanol–water partition coefficient (Wildman–Crippen LogP) is 3.84. The van der Waals surface area contributed by atoms with Crippen LogP contribution in [0.25, 0.3) is 0 Å². The van der Waals surface area contributed by atoms with Gasteiger partial charge < -0.3 is 15.4 Å². The maximum absolute atomic E-state index is 13.4. The maximum atomic E-state index is 13.4. The Morgan fingerprint density at radius 2 is 1.72 bits per heavy atom. The minimum Gasteiger partial charge on any atom is -0.444 e. The van der Waals surface area contributed by atoms with Crippen LogP contribution < -0.4 is 10.6 Å². The molecule has 0 unspecified atom stereocenters. The zero-order chi connectivity index (χ0) is 19.0. The van der Waals surface area contributed by atoms with Crippen LogP contribution in [0.15, 0.2) is 18.2 Å². The predicted molar refractivity (Wildman–Crippen MR) is 81.4 cm³/mol. The lowest BCUT2D eigenvalue weighted by Crippen LogP contribution is -2.47. The third-order valence-corrected chi connectivity index (χ3v) is 3.41. The van der Waals surface area contributed by atoms with E-state index in [1.165, 1.54) is 0 Å². The van der Waals surface area contributed by atoms with Crippen LogP contribution in [0.3, 0.4) is 0 Å². The number of ether oxygens (including phenoxy) is 1. The van der Waals surface area contributed by atoms with Crippen molar-refractivity contribution in [1.82, 2.24) is 5.32 Å². The molecule has 0 radical (unpaired) electrons. The number of anilines is 1. The van der Waals surface area contributed by atoms with Crippen molar-refractivity contribution < 1.29 is 31.9 Å². The second-order valence-corrected chi connectivity index (χ2v) is 6.89. The van der Waals surface area contributed by atoms with Crippen molar-refractivity contribution >= 4 is 17.7 Å². The van der Waals surface area contributed by atoms with Gasteiger partial charge in [0.25, 0.3) is 0 Å². The molecule has 9 heteroatoms. The van der Waals surface area contributed by atoms with Gasteiger partial charge in [-0.05, 0) is 51.8 Å². The third kappa shape index (κ3) is 5.07. The van der Waals surface area contributed by atoms with Crippen molar-refractivity contribution in [2.24, 2.45) is 0 Å². The normalized spacial score (nSPS) is 16.1. The van der Waals surface area contributed by atoms with Crippen LogP contribution >= 0.6 is 0 Å². The number of rotatable bonds is 3. The minimum atomic E-state index is -4.74. The van der Waals surface area contributed by atoms with Crippen LogP contribution in [0.2, 0.25) is 0 Å². The Kier molecular flexibility index (Phi) is 4.71. The molecule has 25 heavy (non-hydrogen) atoms. The van der Waals surface area contributed by atoms with E-state index in [1.54, 1.807) is 20.8 Å². The van der Waals surface area contributed by atoms with E-state index in [0.717, 1.165) is 6.07 Å². The Bertz CT molecular complexity index is 692. The molecule has 0 aromatic heterocycles. The van der Waals surface area contributed by atoms with E-state index in [9.17, 15) is 27.2 Å². The van der Waals surface area contributed by atoms with Crippen molar-refractivity contribution in [3.8, 4) is 0 Å². The largest absolute Gasteiger partial charge is 0.444 e. The van der Waals surface area contributed by atoms with E-state index in [-0.39, 0.29) is 5.69 Å². The summed E-state index contributed by atoms with van der Waals surface area (Å²) in [5, 5.41) is 4.63. The lowest BCUT2D eigenvalue weighted by molar-refractivity contribution is -0.137. The molecule has 2 N–H and O–H groups in total. The van der Waals surface area contributed by atoms with Crippen molar-refractivity contribution in [2.45, 2.75) is 50.9 Å². The average molecular weight is 362 g/mol. The van der Waals surface area contributed by atoms with Crippen LogP contribution in [0.4, 0.5) is 28.0 Å². The zero-order valence-corrected chi connectivity index (χ0v) is 13.9. The Morgan fingerprint density at radius 3 is 2.20 bits per heavy atom. The smallest absolute Gasteiger partial charge is 0.416 e. The van der Waals surface area contributed by atoms with Crippen LogP contribution in [-0.4, -0.2) is 23.1 Å². The lowest BCUT2D eigenvalue weighted by atomic mass is 10.1. The summed E-state index contributed by atoms with van der Waals surface area (Å²) >= 11 is 0. The molecule has 1 aliphatic carbocycles. The van der Waals surface area contributed by atoms with Gasteiger partial charge in [0.05, 0.1) is 5.56 Å². The number of carbonyl (C=O) groups excluding carboxylic acids is 2. The van der Waals surface area contributed by atoms with E-state index >= 15 is 0 Å². The highest BCUT2D eigenvalue weighted by Crippen LogP contribution is 2.37. The topological polar surface area (TPSA) is 67.4 Å². The van der Waals surface area contributed by atoms with E-state index in [4.69, 9.17) is 4.74 Å². The number of amides is 2. The fourth-order valence-electron chi connectivity index (χ4n) is 2.11. The van der Waals surface area contributed by atoms with E-state index in [2.05, 4.69) is 10.6 Å². The van der Waals surface area contributed by atoms with Gasteiger partial charge in [-0.1, -0.05) is 0 Å². The molecule has 0 heterocycles. The average Bonchev–Trinajstić information content (AvgIpc) is 3.15. The summed E-state index contributed by atoms with van der Waals surface area (Å²) in [5.41, 5.74) is -3.57. The molecule has 0 atom stereocenters. The molecule has 0 spiro atoms. The number of carbonyl (C=O) groups is 2. The molecule has 1 fully saturated rings. The highest BCUT2D eigenvalue weighted by Gasteiger charge is 2.52. The maximum Gasteiger partial charge on any atom is 0.416 e. The monoisotopic (exact) mass is 362 g/mol. The van der Waals surface area contributed by atoms with E-state index < -0.39 is 40.7 Å². The third-order valence-electron chi connectivity index (χ3n) is 3.41. The zero-order valence-electron chi connectivity index (χ0n) is 13.9. The molecule has 2 amide bonds. The second-order valence-electron chi connectivity index (χ2n) is 6.89. The van der Waals surface area contributed by atoms with E-state index in [0.29, 0.717) is 25.0 Å². The summed E-state index contributed by atoms with van der Waals surface area (Å²) in [4.78, 5) is 24.1. The van der Waals surface area contributed by atoms with Gasteiger partial charge in [-0.3, -0.25) is 4.79 Å². The number of alkyl carbamates (subject to hydrolysis) is 1. The molecule has 5 nitrogen and oxygen atoms in total. The fourth-order valence-corrected chi connectivity index (χ4v) is 2.11. The molecule has 1 saturated carbocycles. The molecule has 138 valence electrons. The molecule has 0 saturated heterocycles. The molecule has 2 rings (SSSR count). The quantitative estimate of drug-likeness (QED) is 0.803. The Hall–Kier alpha value is -2.32. The van der Waals surface area contributed by atoms with Gasteiger partial charge in [0, 0.05) is 5.69 Å². The molecule has 0 aliphatic heterocycles. The first-order chi connectivity index (χ1) is 11.3. The standard InChI is InChI=1S/C16H18F4N2O3/c1-14(2,3)25-13(24)22-15(4-5-15)12(23)21-11-7-9(16(18,19)20)6-10(17)8-11/h6-8H,4-5H2,1-3H3,(H,21,23)(H,22,24). The van der Waals surface area contributed by atoms with Crippen molar-refractivity contribution in [1.29, 1.82) is 0 Å². The number of hydrogen-bond donors (Lipinski definition) is 2. The van der Waals surface area contributed by atoms with Crippen LogP contribution in [0, 0.1) is 5.82 Å². The number of benzene rings is 1. The highest BCUT2D eigenvalue weighted by molar-refractivity contribution is 6.02. The molecule has 1 aliphatic rings. The van der Waals surface area contributed by atoms with Crippen molar-refractivity contribution in [2.75, 3.05) is 5.32 Å². The van der Waals surface area contributed by atoms with Gasteiger partial charge in [0.2, 0.25) is 5.91 Å². The minimum absolute atomic E-state index is 0.305. The summed E-state index contributed by atoms with van der Waals surface area (Å²) in [5.74, 6) is -1.85. The van der Waals surface area contributed by atoms with E-state index in [1.807, 2.05) is 0 Å². The Labute approximate surface area is 141 Å². The molecule has 0 bridgehead atoms. The molecular weight excluding hydrogens is 344 g/mol. The molecule has 1 aromatic carbocycles. The van der Waals surface area contributed by atoms with Crippen LogP contribution in [-0.2, 0) is 15.7 Å². The number of halogens is 4. The first-order valence-electron chi connectivity index (χ1n) is 7.51. The van der Waals surface area contributed by atoms with Crippen LogP contribution in [0.5, 0.6) is 0 Å². The number of nitrogens with one attached hydrogen (secondary N) is 2. The Morgan fingerprint density at radius 1 is 1.12 bits per heavy atom. The summed E-state index contributed by atoms with van der Waals surface area (Å²) in [6.07, 6.45) is -4.94. The SMILES string of the molecule is CC(C)(C)OC(=O)NC1(C(=O)Nc2cc(F)cc(C(F)(F)F)c2)CC1. The number of alkyl halides is 3. The van der Waals surface area contributed by atoms with Crippen LogP contribution in [0.1, 0.15) is 39.2 Å². The summed E-state index contributed by atoms with van der Waals surface area (Å²) < 4.78 is 56.6. The van der Waals surface area contributed by atoms with Gasteiger partial charge in [0.15, 0.2) is 0 Å². The summed E-state index contributed by atoms with van der Waals surface area (Å²) in [6, 6.07) is 1.74. The second kappa shape index (κ2) is 6.20.